The molecule has 1 rings (SSSR count). The molecule has 14 heavy (non-hydrogen) atoms. The smallest absolute Gasteiger partial charge is 0.00559 e. The second-order valence-electron chi connectivity index (χ2n) is 3.57. The monoisotopic (exact) mass is 209 g/mol. The van der Waals surface area contributed by atoms with Crippen LogP contribution in [0.2, 0.25) is 0 Å². The van der Waals surface area contributed by atoms with E-state index in [2.05, 4.69) is 32.0 Å². The van der Waals surface area contributed by atoms with Crippen molar-refractivity contribution in [1.82, 2.24) is 0 Å². The van der Waals surface area contributed by atoms with E-state index >= 15 is 0 Å². The van der Waals surface area contributed by atoms with Crippen molar-refractivity contribution in [2.45, 2.75) is 20.3 Å². The normalized spacial score (nSPS) is 10.5. The molecule has 0 heterocycles. The van der Waals surface area contributed by atoms with Gasteiger partial charge in [-0.1, -0.05) is 18.2 Å². The van der Waals surface area contributed by atoms with Gasteiger partial charge in [0.25, 0.3) is 0 Å². The van der Waals surface area contributed by atoms with E-state index in [4.69, 9.17) is 5.73 Å². The van der Waals surface area contributed by atoms with E-state index in [9.17, 15) is 0 Å². The molecule has 0 saturated heterocycles. The fraction of sp³-hybridized carbons (Fsp3) is 0.500. The van der Waals surface area contributed by atoms with Crippen LogP contribution in [-0.4, -0.2) is 18.1 Å². The predicted molar refractivity (Wildman–Crippen MR) is 66.0 cm³/mol. The molecular weight excluding hydrogens is 190 g/mol. The fourth-order valence-electron chi connectivity index (χ4n) is 1.33. The molecule has 78 valence electrons. The third kappa shape index (κ3) is 3.72. The Morgan fingerprint density at radius 1 is 1.14 bits per heavy atom. The molecule has 0 spiro atoms. The first-order chi connectivity index (χ1) is 6.74. The highest BCUT2D eigenvalue weighted by Crippen LogP contribution is 2.12. The number of hydrogen-bond donors (Lipinski definition) is 1. The minimum Gasteiger partial charge on any atom is -0.330 e. The van der Waals surface area contributed by atoms with Crippen LogP contribution in [0.15, 0.2) is 18.2 Å². The summed E-state index contributed by atoms with van der Waals surface area (Å²) in [5.41, 5.74) is 9.65. The minimum absolute atomic E-state index is 0.789. The van der Waals surface area contributed by atoms with Gasteiger partial charge in [-0.2, -0.15) is 11.8 Å². The molecular formula is C12H19NS. The van der Waals surface area contributed by atoms with Gasteiger partial charge in [-0.3, -0.25) is 0 Å². The Bertz CT molecular complexity index is 284. The average Bonchev–Trinajstić information content (AvgIpc) is 2.18. The van der Waals surface area contributed by atoms with E-state index in [1.165, 1.54) is 22.4 Å². The van der Waals surface area contributed by atoms with Crippen LogP contribution in [-0.2, 0) is 6.42 Å². The topological polar surface area (TPSA) is 26.0 Å². The van der Waals surface area contributed by atoms with Gasteiger partial charge in [-0.05, 0) is 42.7 Å². The Morgan fingerprint density at radius 3 is 2.57 bits per heavy atom. The van der Waals surface area contributed by atoms with Crippen LogP contribution in [0.1, 0.15) is 16.7 Å². The molecule has 1 aromatic rings. The Morgan fingerprint density at radius 2 is 1.93 bits per heavy atom. The lowest BCUT2D eigenvalue weighted by molar-refractivity contribution is 1.11. The van der Waals surface area contributed by atoms with E-state index in [1.54, 1.807) is 0 Å². The van der Waals surface area contributed by atoms with Gasteiger partial charge < -0.3 is 5.73 Å². The molecule has 0 aliphatic rings. The molecule has 1 nitrogen and oxygen atoms in total. The molecule has 2 heteroatoms. The van der Waals surface area contributed by atoms with Crippen LogP contribution in [0.5, 0.6) is 0 Å². The lowest BCUT2D eigenvalue weighted by Gasteiger charge is -2.04. The highest BCUT2D eigenvalue weighted by atomic mass is 32.2. The lowest BCUT2D eigenvalue weighted by atomic mass is 10.1. The second-order valence-corrected chi connectivity index (χ2v) is 4.79. The molecule has 0 bridgehead atoms. The predicted octanol–water partition coefficient (Wildman–Crippen LogP) is 2.54. The SMILES string of the molecule is Cc1ccc(CCSCCN)cc1C. The van der Waals surface area contributed by atoms with Crippen LogP contribution < -0.4 is 5.73 Å². The maximum Gasteiger partial charge on any atom is 0.00559 e. The number of nitrogens with two attached hydrogens (primary N) is 1. The molecule has 0 amide bonds. The Hall–Kier alpha value is -0.470. The van der Waals surface area contributed by atoms with Gasteiger partial charge in [0, 0.05) is 12.3 Å². The maximum absolute atomic E-state index is 5.43. The van der Waals surface area contributed by atoms with Gasteiger partial charge in [-0.25, -0.2) is 0 Å². The van der Waals surface area contributed by atoms with Crippen molar-refractivity contribution in [3.63, 3.8) is 0 Å². The second kappa shape index (κ2) is 6.10. The zero-order valence-electron chi connectivity index (χ0n) is 9.05. The van der Waals surface area contributed by atoms with Gasteiger partial charge in [0.05, 0.1) is 0 Å². The quantitative estimate of drug-likeness (QED) is 0.754. The van der Waals surface area contributed by atoms with E-state index in [1.807, 2.05) is 11.8 Å². The zero-order chi connectivity index (χ0) is 10.4. The van der Waals surface area contributed by atoms with Crippen molar-refractivity contribution in [1.29, 1.82) is 0 Å². The first kappa shape index (κ1) is 11.6. The summed E-state index contributed by atoms with van der Waals surface area (Å²) < 4.78 is 0. The van der Waals surface area contributed by atoms with E-state index in [0.29, 0.717) is 0 Å². The first-order valence-corrected chi connectivity index (χ1v) is 6.23. The highest BCUT2D eigenvalue weighted by molar-refractivity contribution is 7.99. The van der Waals surface area contributed by atoms with Crippen molar-refractivity contribution in [3.05, 3.63) is 34.9 Å². The van der Waals surface area contributed by atoms with Crippen molar-refractivity contribution < 1.29 is 0 Å². The van der Waals surface area contributed by atoms with Crippen LogP contribution >= 0.6 is 11.8 Å². The Balaban J connectivity index is 2.39. The van der Waals surface area contributed by atoms with Gasteiger partial charge >= 0.3 is 0 Å². The van der Waals surface area contributed by atoms with Crippen molar-refractivity contribution in [2.75, 3.05) is 18.1 Å². The van der Waals surface area contributed by atoms with Crippen molar-refractivity contribution >= 4 is 11.8 Å². The molecule has 2 N–H and O–H groups in total. The molecule has 0 saturated carbocycles. The van der Waals surface area contributed by atoms with E-state index in [0.717, 1.165) is 18.7 Å². The summed E-state index contributed by atoms with van der Waals surface area (Å²) >= 11 is 1.93. The highest BCUT2D eigenvalue weighted by Gasteiger charge is 1.96. The summed E-state index contributed by atoms with van der Waals surface area (Å²) in [6, 6.07) is 6.72. The third-order valence-corrected chi connectivity index (χ3v) is 3.39. The van der Waals surface area contributed by atoms with Gasteiger partial charge in [-0.15, -0.1) is 0 Å². The van der Waals surface area contributed by atoms with E-state index < -0.39 is 0 Å². The molecule has 0 fully saturated rings. The van der Waals surface area contributed by atoms with Gasteiger partial charge in [0.15, 0.2) is 0 Å². The number of rotatable bonds is 5. The summed E-state index contributed by atoms with van der Waals surface area (Å²) in [5.74, 6) is 2.25. The van der Waals surface area contributed by atoms with Crippen molar-refractivity contribution in [3.8, 4) is 0 Å². The van der Waals surface area contributed by atoms with Crippen LogP contribution in [0.4, 0.5) is 0 Å². The van der Waals surface area contributed by atoms with Gasteiger partial charge in [0.1, 0.15) is 0 Å². The summed E-state index contributed by atoms with van der Waals surface area (Å²) in [6.07, 6.45) is 1.16. The zero-order valence-corrected chi connectivity index (χ0v) is 9.86. The largest absolute Gasteiger partial charge is 0.330 e. The molecule has 0 aliphatic carbocycles. The van der Waals surface area contributed by atoms with Crippen LogP contribution in [0.25, 0.3) is 0 Å². The van der Waals surface area contributed by atoms with E-state index in [-0.39, 0.29) is 0 Å². The molecule has 0 unspecified atom stereocenters. The summed E-state index contributed by atoms with van der Waals surface area (Å²) in [5, 5.41) is 0. The fourth-order valence-corrected chi connectivity index (χ4v) is 2.09. The molecule has 0 aromatic heterocycles. The maximum atomic E-state index is 5.43. The number of benzene rings is 1. The van der Waals surface area contributed by atoms with Crippen LogP contribution in [0.3, 0.4) is 0 Å². The summed E-state index contributed by atoms with van der Waals surface area (Å²) in [6.45, 7) is 5.12. The molecule has 1 aromatic carbocycles. The van der Waals surface area contributed by atoms with Gasteiger partial charge in [0.2, 0.25) is 0 Å². The lowest BCUT2D eigenvalue weighted by Crippen LogP contribution is -2.02. The molecule has 0 atom stereocenters. The van der Waals surface area contributed by atoms with Crippen LogP contribution in [0, 0.1) is 13.8 Å². The third-order valence-electron chi connectivity index (χ3n) is 2.37. The minimum atomic E-state index is 0.789. The number of thioether (sulfide) groups is 1. The first-order valence-electron chi connectivity index (χ1n) is 5.08. The Labute approximate surface area is 91.1 Å². The summed E-state index contributed by atoms with van der Waals surface area (Å²) in [7, 11) is 0. The molecule has 0 radical (unpaired) electrons. The number of aryl methyl sites for hydroxylation is 3. The Kier molecular flexibility index (Phi) is 5.05. The molecule has 0 aliphatic heterocycles. The van der Waals surface area contributed by atoms with Crippen molar-refractivity contribution in [2.24, 2.45) is 5.73 Å². The number of hydrogen-bond acceptors (Lipinski definition) is 2. The standard InChI is InChI=1S/C12H19NS/c1-10-3-4-12(9-11(10)2)5-7-14-8-6-13/h3-4,9H,5-8,13H2,1-2H3. The summed E-state index contributed by atoms with van der Waals surface area (Å²) in [4.78, 5) is 0. The average molecular weight is 209 g/mol.